The summed E-state index contributed by atoms with van der Waals surface area (Å²) in [6, 6.07) is 5.34. The first-order valence-corrected chi connectivity index (χ1v) is 12.4. The van der Waals surface area contributed by atoms with Crippen LogP contribution in [0.4, 0.5) is 0 Å². The third kappa shape index (κ3) is 4.07. The van der Waals surface area contributed by atoms with Gasteiger partial charge in [0.05, 0.1) is 0 Å². The summed E-state index contributed by atoms with van der Waals surface area (Å²) in [4.78, 5) is 11.2. The van der Waals surface area contributed by atoms with Crippen LogP contribution in [0.2, 0.25) is 5.02 Å². The number of hydrogen-bond donors (Lipinski definition) is 0. The van der Waals surface area contributed by atoms with Gasteiger partial charge in [0.1, 0.15) is 0 Å². The van der Waals surface area contributed by atoms with Gasteiger partial charge in [-0.25, -0.2) is 0 Å². The van der Waals surface area contributed by atoms with E-state index in [1.54, 1.807) is 12.1 Å². The average Bonchev–Trinajstić information content (AvgIpc) is 2.26. The Kier molecular flexibility index (Phi) is 6.21. The molecule has 0 unspecified atom stereocenters. The summed E-state index contributed by atoms with van der Waals surface area (Å²) in [5, 5.41) is 0.659. The molecular weight excluding hydrogens is 441 g/mol. The van der Waals surface area contributed by atoms with Crippen molar-refractivity contribution < 1.29 is 26.8 Å². The molecule has 0 aromatic heterocycles. The molecule has 0 aliphatic heterocycles. The molecular formula is C10H10ClI2O2-. The van der Waals surface area contributed by atoms with Crippen LogP contribution < -0.4 is 17.2 Å². The van der Waals surface area contributed by atoms with E-state index in [1.165, 1.54) is 11.5 Å². The second-order valence-corrected chi connectivity index (χ2v) is 8.77. The number of carbonyl (C=O) groups is 1. The Labute approximate surface area is 114 Å². The Bertz CT molecular complexity index is 355. The summed E-state index contributed by atoms with van der Waals surface area (Å²) in [7, 11) is 1.37. The molecule has 84 valence electrons. The van der Waals surface area contributed by atoms with Crippen molar-refractivity contribution >= 4 is 36.2 Å². The fourth-order valence-electron chi connectivity index (χ4n) is 1.13. The molecule has 1 rings (SSSR count). The number of esters is 1. The van der Waals surface area contributed by atoms with Crippen LogP contribution in [0, 0.1) is 0 Å². The van der Waals surface area contributed by atoms with Crippen molar-refractivity contribution in [3.05, 3.63) is 34.3 Å². The van der Waals surface area contributed by atoms with Gasteiger partial charge in [-0.1, -0.05) is 0 Å². The third-order valence-corrected chi connectivity index (χ3v) is 5.94. The molecule has 15 heavy (non-hydrogen) atoms. The molecule has 5 heteroatoms. The van der Waals surface area contributed by atoms with Crippen molar-refractivity contribution in [3.8, 4) is 0 Å². The number of hydrogen-bond acceptors (Lipinski definition) is 2. The second-order valence-electron chi connectivity index (χ2n) is 2.84. The van der Waals surface area contributed by atoms with E-state index in [0.717, 1.165) is 12.0 Å². The minimum absolute atomic E-state index is 0.265. The molecule has 0 bridgehead atoms. The van der Waals surface area contributed by atoms with Crippen molar-refractivity contribution in [2.45, 2.75) is 6.42 Å². The first-order valence-electron chi connectivity index (χ1n) is 4.26. The first-order chi connectivity index (χ1) is 7.19. The topological polar surface area (TPSA) is 26.3 Å². The summed E-state index contributed by atoms with van der Waals surface area (Å²) in [6.07, 6.45) is 0.997. The zero-order chi connectivity index (χ0) is 11.3. The molecule has 0 radical (unpaired) electrons. The summed E-state index contributed by atoms with van der Waals surface area (Å²) in [5.74, 6) is -0.343. The van der Waals surface area contributed by atoms with E-state index in [2.05, 4.69) is 23.4 Å². The summed E-state index contributed by atoms with van der Waals surface area (Å²) >= 11 is 8.77. The number of benzene rings is 1. The molecule has 0 aliphatic rings. The second kappa shape index (κ2) is 6.90. The Morgan fingerprint density at radius 2 is 2.33 bits per heavy atom. The third-order valence-electron chi connectivity index (χ3n) is 1.91. The number of ether oxygens (including phenoxy) is 1. The molecule has 0 saturated carbocycles. The summed E-state index contributed by atoms with van der Waals surface area (Å²) in [6.45, 7) is 0. The molecule has 2 nitrogen and oxygen atoms in total. The van der Waals surface area contributed by atoms with Crippen LogP contribution in [0.25, 0.3) is 0 Å². The summed E-state index contributed by atoms with van der Waals surface area (Å²) in [5.41, 5.74) is 1.62. The zero-order valence-electron chi connectivity index (χ0n) is 8.10. The number of aryl methyl sites for hydroxylation is 1. The monoisotopic (exact) mass is 451 g/mol. The molecule has 0 spiro atoms. The van der Waals surface area contributed by atoms with Crippen LogP contribution in [0.5, 0.6) is 0 Å². The molecule has 1 aromatic rings. The molecule has 0 N–H and O–H groups in total. The van der Waals surface area contributed by atoms with Crippen LogP contribution in [-0.4, -0.2) is 17.5 Å². The number of carbonyl (C=O) groups excluding carboxylic acids is 1. The van der Waals surface area contributed by atoms with Crippen molar-refractivity contribution in [2.75, 3.05) is 11.5 Å². The number of alkyl halides is 1. The van der Waals surface area contributed by atoms with Gasteiger partial charge in [-0.15, -0.1) is 0 Å². The fraction of sp³-hybridized carbons (Fsp3) is 0.300. The SMILES string of the molecule is COC(=O)c1ccc(CC[I-]I)c(Cl)c1. The Hall–Kier alpha value is 0.440. The van der Waals surface area contributed by atoms with Crippen LogP contribution in [0.1, 0.15) is 15.9 Å². The van der Waals surface area contributed by atoms with Crippen LogP contribution in [-0.2, 0) is 11.2 Å². The molecule has 0 atom stereocenters. The average molecular weight is 451 g/mol. The van der Waals surface area contributed by atoms with Crippen molar-refractivity contribution in [3.63, 3.8) is 0 Å². The molecule has 0 heterocycles. The quantitative estimate of drug-likeness (QED) is 0.369. The van der Waals surface area contributed by atoms with Gasteiger partial charge in [0, 0.05) is 0 Å². The Morgan fingerprint density at radius 1 is 1.60 bits per heavy atom. The maximum atomic E-state index is 11.2. The van der Waals surface area contributed by atoms with E-state index in [4.69, 9.17) is 11.6 Å². The van der Waals surface area contributed by atoms with Gasteiger partial charge in [0.25, 0.3) is 0 Å². The molecule has 1 aromatic carbocycles. The van der Waals surface area contributed by atoms with Crippen LogP contribution >= 0.6 is 30.2 Å². The standard InChI is InChI=1S/C10H10ClI2O2/c1-15-10(14)8-3-2-7(4-5-13-12)9(11)6-8/h2-3,6H,4-5H2,1H3/q-1. The number of halogens is 3. The predicted molar refractivity (Wildman–Crippen MR) is 65.4 cm³/mol. The van der Waals surface area contributed by atoms with Gasteiger partial charge < -0.3 is 0 Å². The van der Waals surface area contributed by atoms with Gasteiger partial charge in [0.2, 0.25) is 0 Å². The Morgan fingerprint density at radius 3 is 2.87 bits per heavy atom. The molecule has 0 amide bonds. The predicted octanol–water partition coefficient (Wildman–Crippen LogP) is 0.108. The van der Waals surface area contributed by atoms with E-state index in [0.29, 0.717) is 10.6 Å². The van der Waals surface area contributed by atoms with Gasteiger partial charge >= 0.3 is 115 Å². The van der Waals surface area contributed by atoms with Gasteiger partial charge in [-0.2, -0.15) is 0 Å². The van der Waals surface area contributed by atoms with E-state index >= 15 is 0 Å². The Balaban J connectivity index is 2.83. The van der Waals surface area contributed by atoms with Crippen molar-refractivity contribution in [1.82, 2.24) is 0 Å². The van der Waals surface area contributed by atoms with Gasteiger partial charge in [0.15, 0.2) is 0 Å². The number of rotatable bonds is 4. The maximum absolute atomic E-state index is 11.2. The van der Waals surface area contributed by atoms with E-state index in [-0.39, 0.29) is 23.2 Å². The van der Waals surface area contributed by atoms with Gasteiger partial charge in [-0.3, -0.25) is 0 Å². The van der Waals surface area contributed by atoms with Crippen LogP contribution in [0.15, 0.2) is 18.2 Å². The molecule has 0 saturated heterocycles. The van der Waals surface area contributed by atoms with Crippen molar-refractivity contribution in [2.24, 2.45) is 0 Å². The van der Waals surface area contributed by atoms with Gasteiger partial charge in [-0.05, 0) is 0 Å². The first kappa shape index (κ1) is 13.5. The fourth-order valence-corrected chi connectivity index (χ4v) is 3.56. The van der Waals surface area contributed by atoms with E-state index < -0.39 is 0 Å². The zero-order valence-corrected chi connectivity index (χ0v) is 13.2. The summed E-state index contributed by atoms with van der Waals surface area (Å²) < 4.78 is 5.82. The molecule has 0 aliphatic carbocycles. The van der Waals surface area contributed by atoms with Crippen LogP contribution in [0.3, 0.4) is 0 Å². The minimum atomic E-state index is -0.343. The molecule has 0 fully saturated rings. The van der Waals surface area contributed by atoms with Crippen molar-refractivity contribution in [1.29, 1.82) is 0 Å². The van der Waals surface area contributed by atoms with E-state index in [9.17, 15) is 4.79 Å². The normalized spacial score (nSPS) is 10.3. The number of methoxy groups -OCH3 is 1. The van der Waals surface area contributed by atoms with E-state index in [1.807, 2.05) is 6.07 Å².